The van der Waals surface area contributed by atoms with Crippen molar-refractivity contribution >= 4 is 22.5 Å². The smallest absolute Gasteiger partial charge is 0.261 e. The highest BCUT2D eigenvalue weighted by atomic mass is 19.1. The molecule has 1 aromatic carbocycles. The first-order valence-corrected chi connectivity index (χ1v) is 10.8. The van der Waals surface area contributed by atoms with Crippen LogP contribution in [0.3, 0.4) is 0 Å². The number of aryl methyl sites for hydroxylation is 1. The van der Waals surface area contributed by atoms with Crippen molar-refractivity contribution in [3.8, 4) is 16.9 Å². The number of carbonyl (C=O) groups is 1. The Morgan fingerprint density at radius 1 is 1.17 bits per heavy atom. The van der Waals surface area contributed by atoms with Gasteiger partial charge < -0.3 is 14.0 Å². The number of hydrogen-bond acceptors (Lipinski definition) is 7. The molecule has 0 fully saturated rings. The highest BCUT2D eigenvalue weighted by Crippen LogP contribution is 2.23. The number of hydrogen-bond donors (Lipinski definition) is 2. The summed E-state index contributed by atoms with van der Waals surface area (Å²) in [4.78, 5) is 30.0. The molecule has 3 heterocycles. The van der Waals surface area contributed by atoms with Crippen molar-refractivity contribution in [2.24, 2.45) is 7.05 Å². The number of ether oxygens (including phenoxy) is 2. The zero-order valence-electron chi connectivity index (χ0n) is 19.5. The summed E-state index contributed by atoms with van der Waals surface area (Å²) >= 11 is 0. The molecule has 0 spiro atoms. The first kappa shape index (κ1) is 23.9. The summed E-state index contributed by atoms with van der Waals surface area (Å²) in [6, 6.07) is 6.92. The maximum absolute atomic E-state index is 14.6. The number of benzene rings is 1. The monoisotopic (exact) mass is 480 g/mol. The fraction of sp³-hybridized carbons (Fsp3) is 0.250. The summed E-state index contributed by atoms with van der Waals surface area (Å²) < 4.78 is 28.0. The van der Waals surface area contributed by atoms with Crippen LogP contribution < -0.4 is 21.1 Å². The molecule has 0 saturated heterocycles. The van der Waals surface area contributed by atoms with E-state index in [1.165, 1.54) is 29.1 Å². The predicted molar refractivity (Wildman–Crippen MR) is 128 cm³/mol. The molecule has 0 saturated carbocycles. The summed E-state index contributed by atoms with van der Waals surface area (Å²) in [5, 5.41) is 4.39. The van der Waals surface area contributed by atoms with Gasteiger partial charge in [-0.05, 0) is 36.8 Å². The Labute approximate surface area is 200 Å². The Kier molecular flexibility index (Phi) is 7.06. The fourth-order valence-electron chi connectivity index (χ4n) is 3.47. The van der Waals surface area contributed by atoms with Crippen LogP contribution >= 0.6 is 0 Å². The minimum atomic E-state index is -0.879. The molecule has 0 radical (unpaired) electrons. The van der Waals surface area contributed by atoms with Gasteiger partial charge in [-0.15, -0.1) is 0 Å². The van der Waals surface area contributed by atoms with Crippen molar-refractivity contribution in [1.82, 2.24) is 24.8 Å². The topological polar surface area (TPSA) is 112 Å². The molecule has 0 aliphatic rings. The molecule has 3 aromatic heterocycles. The van der Waals surface area contributed by atoms with Gasteiger partial charge in [0.25, 0.3) is 11.5 Å². The molecule has 2 N–H and O–H groups in total. The molecule has 35 heavy (non-hydrogen) atoms. The molecule has 182 valence electrons. The Hall–Kier alpha value is -4.25. The Bertz CT molecular complexity index is 1420. The maximum atomic E-state index is 14.6. The Morgan fingerprint density at radius 2 is 2.00 bits per heavy atom. The number of pyridine rings is 2. The molecule has 4 rings (SSSR count). The highest BCUT2D eigenvalue weighted by molar-refractivity contribution is 5.83. The summed E-state index contributed by atoms with van der Waals surface area (Å²) in [7, 11) is 3.34. The second-order valence-electron chi connectivity index (χ2n) is 7.86. The van der Waals surface area contributed by atoms with Gasteiger partial charge >= 0.3 is 0 Å². The molecular weight excluding hydrogens is 455 g/mol. The minimum Gasteiger partial charge on any atom is -0.490 e. The van der Waals surface area contributed by atoms with Gasteiger partial charge in [-0.1, -0.05) is 6.07 Å². The van der Waals surface area contributed by atoms with Gasteiger partial charge in [-0.2, -0.15) is 5.10 Å². The van der Waals surface area contributed by atoms with Crippen LogP contribution in [0.5, 0.6) is 5.75 Å². The van der Waals surface area contributed by atoms with Crippen LogP contribution in [0, 0.1) is 5.82 Å². The lowest BCUT2D eigenvalue weighted by atomic mass is 10.1. The van der Waals surface area contributed by atoms with Gasteiger partial charge in [0, 0.05) is 32.1 Å². The normalized spacial score (nSPS) is 11.9. The van der Waals surface area contributed by atoms with E-state index < -0.39 is 23.3 Å². The van der Waals surface area contributed by atoms with Crippen molar-refractivity contribution < 1.29 is 18.7 Å². The summed E-state index contributed by atoms with van der Waals surface area (Å²) in [5.74, 6) is -0.648. The molecule has 0 aliphatic heterocycles. The molecule has 1 atom stereocenters. The first-order chi connectivity index (χ1) is 16.9. The molecule has 4 aromatic rings. The van der Waals surface area contributed by atoms with Gasteiger partial charge in [0.2, 0.25) is 0 Å². The van der Waals surface area contributed by atoms with E-state index in [9.17, 15) is 14.0 Å². The SMILES string of the molecule is COCCOc1cnc2ccn([C@H](C)C(=O)NNc3ccc(-c4cnn(C)c4)cc3F)c(=O)c2c1. The van der Waals surface area contributed by atoms with Crippen molar-refractivity contribution in [1.29, 1.82) is 0 Å². The number of fused-ring (bicyclic) bond motifs is 1. The lowest BCUT2D eigenvalue weighted by Crippen LogP contribution is -2.38. The molecular formula is C24H25FN6O4. The zero-order chi connectivity index (χ0) is 24.9. The van der Waals surface area contributed by atoms with Crippen LogP contribution in [-0.4, -0.2) is 45.6 Å². The number of rotatable bonds is 9. The van der Waals surface area contributed by atoms with Gasteiger partial charge in [0.15, 0.2) is 0 Å². The number of nitrogens with zero attached hydrogens (tertiary/aromatic N) is 4. The number of halogens is 1. The minimum absolute atomic E-state index is 0.0890. The maximum Gasteiger partial charge on any atom is 0.261 e. The largest absolute Gasteiger partial charge is 0.490 e. The quantitative estimate of drug-likeness (QED) is 0.280. The molecule has 0 aliphatic carbocycles. The summed E-state index contributed by atoms with van der Waals surface area (Å²) in [6.45, 7) is 2.28. The number of amides is 1. The van der Waals surface area contributed by atoms with Gasteiger partial charge in [0.1, 0.15) is 24.2 Å². The molecule has 0 unspecified atom stereocenters. The van der Waals surface area contributed by atoms with Crippen LogP contribution in [0.1, 0.15) is 13.0 Å². The van der Waals surface area contributed by atoms with Crippen molar-refractivity contribution in [3.05, 3.63) is 71.3 Å². The number of aromatic nitrogens is 4. The van der Waals surface area contributed by atoms with E-state index in [1.807, 2.05) is 0 Å². The molecule has 1 amide bonds. The van der Waals surface area contributed by atoms with Gasteiger partial charge in [0.05, 0.1) is 35.6 Å². The van der Waals surface area contributed by atoms with Crippen LogP contribution in [0.4, 0.5) is 10.1 Å². The lowest BCUT2D eigenvalue weighted by Gasteiger charge is -2.17. The Balaban J connectivity index is 1.46. The Morgan fingerprint density at radius 3 is 2.71 bits per heavy atom. The van der Waals surface area contributed by atoms with Crippen LogP contribution in [0.2, 0.25) is 0 Å². The summed E-state index contributed by atoms with van der Waals surface area (Å²) in [5.41, 5.74) is 6.64. The predicted octanol–water partition coefficient (Wildman–Crippen LogP) is 2.67. The molecule has 0 bridgehead atoms. The molecule has 10 nitrogen and oxygen atoms in total. The lowest BCUT2D eigenvalue weighted by molar-refractivity contribution is -0.123. The highest BCUT2D eigenvalue weighted by Gasteiger charge is 2.18. The van der Waals surface area contributed by atoms with Gasteiger partial charge in [-0.3, -0.25) is 30.1 Å². The second kappa shape index (κ2) is 10.3. The van der Waals surface area contributed by atoms with E-state index in [1.54, 1.807) is 56.4 Å². The average molecular weight is 481 g/mol. The van der Waals surface area contributed by atoms with E-state index in [4.69, 9.17) is 9.47 Å². The standard InChI is InChI=1S/C24H25FN6O4/c1-15(31-7-6-21-19(24(31)33)11-18(13-26-21)35-9-8-34-3)23(32)29-28-22-5-4-16(10-20(22)25)17-12-27-30(2)14-17/h4-7,10-15,28H,8-9H2,1-3H3,(H,29,32)/t15-/m1/s1. The first-order valence-electron chi connectivity index (χ1n) is 10.8. The van der Waals surface area contributed by atoms with E-state index in [0.29, 0.717) is 35.4 Å². The molecule has 11 heteroatoms. The van der Waals surface area contributed by atoms with E-state index in [2.05, 4.69) is 20.9 Å². The van der Waals surface area contributed by atoms with E-state index in [-0.39, 0.29) is 5.69 Å². The van der Waals surface area contributed by atoms with E-state index >= 15 is 0 Å². The number of anilines is 1. The van der Waals surface area contributed by atoms with Crippen LogP contribution in [0.15, 0.2) is 59.9 Å². The average Bonchev–Trinajstić information content (AvgIpc) is 3.29. The third-order valence-corrected chi connectivity index (χ3v) is 5.43. The zero-order valence-corrected chi connectivity index (χ0v) is 19.5. The van der Waals surface area contributed by atoms with Crippen molar-refractivity contribution in [3.63, 3.8) is 0 Å². The third-order valence-electron chi connectivity index (χ3n) is 5.43. The van der Waals surface area contributed by atoms with Crippen molar-refractivity contribution in [2.45, 2.75) is 13.0 Å². The third kappa shape index (κ3) is 5.30. The number of methoxy groups -OCH3 is 1. The number of carbonyl (C=O) groups excluding carboxylic acids is 1. The van der Waals surface area contributed by atoms with Crippen LogP contribution in [-0.2, 0) is 16.6 Å². The van der Waals surface area contributed by atoms with Crippen molar-refractivity contribution in [2.75, 3.05) is 25.7 Å². The van der Waals surface area contributed by atoms with Crippen LogP contribution in [0.25, 0.3) is 22.0 Å². The number of nitrogens with one attached hydrogen (secondary N) is 2. The number of hydrazine groups is 1. The summed E-state index contributed by atoms with van der Waals surface area (Å²) in [6.07, 6.45) is 6.43. The fourth-order valence-corrected chi connectivity index (χ4v) is 3.47. The van der Waals surface area contributed by atoms with E-state index in [0.717, 1.165) is 5.56 Å². The van der Waals surface area contributed by atoms with Gasteiger partial charge in [-0.25, -0.2) is 4.39 Å². The second-order valence-corrected chi connectivity index (χ2v) is 7.86.